The van der Waals surface area contributed by atoms with E-state index in [2.05, 4.69) is 5.32 Å². The third-order valence-electron chi connectivity index (χ3n) is 3.43. The number of ketones is 1. The highest BCUT2D eigenvalue weighted by Crippen LogP contribution is 2.18. The van der Waals surface area contributed by atoms with Crippen LogP contribution in [0.2, 0.25) is 0 Å². The van der Waals surface area contributed by atoms with Gasteiger partial charge in [0.2, 0.25) is 5.91 Å². The Kier molecular flexibility index (Phi) is 5.31. The van der Waals surface area contributed by atoms with Crippen LogP contribution in [0.1, 0.15) is 29.8 Å². The average molecular weight is 309 g/mol. The van der Waals surface area contributed by atoms with Crippen molar-refractivity contribution in [1.29, 1.82) is 0 Å². The number of amides is 1. The van der Waals surface area contributed by atoms with Crippen LogP contribution in [0.5, 0.6) is 5.75 Å². The van der Waals surface area contributed by atoms with Crippen LogP contribution >= 0.6 is 0 Å². The van der Waals surface area contributed by atoms with Gasteiger partial charge < -0.3 is 10.1 Å². The fraction of sp³-hybridized carbons (Fsp3) is 0.158. The second-order valence-electron chi connectivity index (χ2n) is 5.18. The first kappa shape index (κ1) is 16.5. The highest BCUT2D eigenvalue weighted by atomic mass is 16.5. The van der Waals surface area contributed by atoms with E-state index in [1.54, 1.807) is 31.4 Å². The molecule has 1 N–H and O–H groups in total. The zero-order chi connectivity index (χ0) is 16.8. The average Bonchev–Trinajstić information content (AvgIpc) is 2.55. The molecule has 4 nitrogen and oxygen atoms in total. The highest BCUT2D eigenvalue weighted by Gasteiger charge is 2.04. The molecule has 2 rings (SSSR count). The number of nitrogens with one attached hydrogen (secondary N) is 1. The fourth-order valence-electron chi connectivity index (χ4n) is 2.13. The number of ether oxygens (including phenoxy) is 1. The second-order valence-corrected chi connectivity index (χ2v) is 5.18. The Morgan fingerprint density at radius 1 is 1.00 bits per heavy atom. The molecule has 0 aromatic heterocycles. The summed E-state index contributed by atoms with van der Waals surface area (Å²) in [5, 5.41) is 2.77. The molecule has 0 aliphatic heterocycles. The van der Waals surface area contributed by atoms with E-state index in [9.17, 15) is 9.59 Å². The van der Waals surface area contributed by atoms with E-state index in [4.69, 9.17) is 4.74 Å². The Morgan fingerprint density at radius 2 is 1.70 bits per heavy atom. The van der Waals surface area contributed by atoms with Crippen LogP contribution in [0.4, 0.5) is 5.69 Å². The fourth-order valence-corrected chi connectivity index (χ4v) is 2.13. The quantitative estimate of drug-likeness (QED) is 0.672. The third-order valence-corrected chi connectivity index (χ3v) is 3.43. The largest absolute Gasteiger partial charge is 0.497 e. The summed E-state index contributed by atoms with van der Waals surface area (Å²) in [6, 6.07) is 14.4. The molecule has 118 valence electrons. The Balaban J connectivity index is 2.10. The number of benzene rings is 2. The summed E-state index contributed by atoms with van der Waals surface area (Å²) in [6.07, 6.45) is 1.53. The van der Waals surface area contributed by atoms with Crippen molar-refractivity contribution in [1.82, 2.24) is 0 Å². The predicted octanol–water partition coefficient (Wildman–Crippen LogP) is 3.94. The SMILES string of the molecule is COc1ccc(/C(C)=C/C(=O)Nc2cccc(C(C)=O)c2)cc1. The van der Waals surface area contributed by atoms with Crippen LogP contribution < -0.4 is 10.1 Å². The second kappa shape index (κ2) is 7.40. The van der Waals surface area contributed by atoms with Crippen molar-refractivity contribution in [3.8, 4) is 5.75 Å². The molecule has 1 amide bonds. The van der Waals surface area contributed by atoms with E-state index in [1.165, 1.54) is 13.0 Å². The van der Waals surface area contributed by atoms with Crippen molar-refractivity contribution in [2.75, 3.05) is 12.4 Å². The van der Waals surface area contributed by atoms with Gasteiger partial charge in [0.25, 0.3) is 0 Å². The topological polar surface area (TPSA) is 55.4 Å². The van der Waals surface area contributed by atoms with Crippen LogP contribution in [-0.2, 0) is 4.79 Å². The lowest BCUT2D eigenvalue weighted by atomic mass is 10.1. The lowest BCUT2D eigenvalue weighted by Crippen LogP contribution is -2.09. The van der Waals surface area contributed by atoms with Gasteiger partial charge in [-0.3, -0.25) is 9.59 Å². The Bertz CT molecular complexity index is 745. The molecule has 0 radical (unpaired) electrons. The van der Waals surface area contributed by atoms with E-state index in [0.717, 1.165) is 16.9 Å². The Morgan fingerprint density at radius 3 is 2.30 bits per heavy atom. The van der Waals surface area contributed by atoms with E-state index >= 15 is 0 Å². The van der Waals surface area contributed by atoms with Crippen LogP contribution in [0.15, 0.2) is 54.6 Å². The Hall–Kier alpha value is -2.88. The molecule has 0 spiro atoms. The predicted molar refractivity (Wildman–Crippen MR) is 91.7 cm³/mol. The maximum atomic E-state index is 12.1. The van der Waals surface area contributed by atoms with Crippen LogP contribution in [0, 0.1) is 0 Å². The number of Topliss-reactive ketones (excluding diaryl/α,β-unsaturated/α-hetero) is 1. The van der Waals surface area contributed by atoms with Gasteiger partial charge in [-0.15, -0.1) is 0 Å². The normalized spacial score (nSPS) is 11.0. The first-order valence-corrected chi connectivity index (χ1v) is 7.24. The first-order chi connectivity index (χ1) is 11.0. The molecule has 0 heterocycles. The summed E-state index contributed by atoms with van der Waals surface area (Å²) >= 11 is 0. The highest BCUT2D eigenvalue weighted by molar-refractivity contribution is 6.04. The molecule has 0 saturated carbocycles. The number of carbonyl (C=O) groups is 2. The minimum atomic E-state index is -0.237. The molecule has 23 heavy (non-hydrogen) atoms. The standard InChI is InChI=1S/C19H19NO3/c1-13(15-7-9-18(23-3)10-8-15)11-19(22)20-17-6-4-5-16(12-17)14(2)21/h4-12H,1-3H3,(H,20,22)/b13-11+. The maximum absolute atomic E-state index is 12.1. The van der Waals surface area contributed by atoms with Gasteiger partial charge in [0.05, 0.1) is 7.11 Å². The van der Waals surface area contributed by atoms with Gasteiger partial charge in [-0.25, -0.2) is 0 Å². The number of hydrogen-bond donors (Lipinski definition) is 1. The van der Waals surface area contributed by atoms with Gasteiger partial charge in [-0.05, 0) is 49.2 Å². The van der Waals surface area contributed by atoms with Crippen molar-refractivity contribution < 1.29 is 14.3 Å². The van der Waals surface area contributed by atoms with Crippen molar-refractivity contribution in [3.63, 3.8) is 0 Å². The van der Waals surface area contributed by atoms with Crippen molar-refractivity contribution >= 4 is 23.0 Å². The van der Waals surface area contributed by atoms with Crippen LogP contribution in [0.25, 0.3) is 5.57 Å². The van der Waals surface area contributed by atoms with Gasteiger partial charge in [0, 0.05) is 17.3 Å². The number of rotatable bonds is 5. The molecule has 0 bridgehead atoms. The Labute approximate surface area is 135 Å². The van der Waals surface area contributed by atoms with Gasteiger partial charge >= 0.3 is 0 Å². The molecule has 2 aromatic carbocycles. The van der Waals surface area contributed by atoms with Crippen LogP contribution in [-0.4, -0.2) is 18.8 Å². The van der Waals surface area contributed by atoms with Gasteiger partial charge in [0.15, 0.2) is 5.78 Å². The maximum Gasteiger partial charge on any atom is 0.248 e. The molecule has 4 heteroatoms. The minimum absolute atomic E-state index is 0.0361. The number of anilines is 1. The molecular formula is C19H19NO3. The van der Waals surface area contributed by atoms with E-state index in [-0.39, 0.29) is 11.7 Å². The van der Waals surface area contributed by atoms with Crippen molar-refractivity contribution in [2.24, 2.45) is 0 Å². The molecule has 0 aliphatic carbocycles. The number of methoxy groups -OCH3 is 1. The summed E-state index contributed by atoms with van der Waals surface area (Å²) in [6.45, 7) is 3.36. The minimum Gasteiger partial charge on any atom is -0.497 e. The van der Waals surface area contributed by atoms with E-state index < -0.39 is 0 Å². The monoisotopic (exact) mass is 309 g/mol. The van der Waals surface area contributed by atoms with E-state index in [0.29, 0.717) is 11.3 Å². The molecule has 0 fully saturated rings. The smallest absolute Gasteiger partial charge is 0.248 e. The molecule has 2 aromatic rings. The summed E-state index contributed by atoms with van der Waals surface area (Å²) in [5.41, 5.74) is 2.95. The summed E-state index contributed by atoms with van der Waals surface area (Å²) < 4.78 is 5.11. The van der Waals surface area contributed by atoms with Crippen molar-refractivity contribution in [2.45, 2.75) is 13.8 Å². The zero-order valence-corrected chi connectivity index (χ0v) is 13.4. The zero-order valence-electron chi connectivity index (χ0n) is 13.4. The molecule has 0 aliphatic rings. The molecule has 0 unspecified atom stereocenters. The first-order valence-electron chi connectivity index (χ1n) is 7.24. The lowest BCUT2D eigenvalue weighted by Gasteiger charge is -2.06. The van der Waals surface area contributed by atoms with Gasteiger partial charge in [-0.2, -0.15) is 0 Å². The summed E-state index contributed by atoms with van der Waals surface area (Å²) in [7, 11) is 1.61. The molecule has 0 atom stereocenters. The number of hydrogen-bond acceptors (Lipinski definition) is 3. The summed E-state index contributed by atoms with van der Waals surface area (Å²) in [4.78, 5) is 23.5. The number of allylic oxidation sites excluding steroid dienone is 1. The molecular weight excluding hydrogens is 290 g/mol. The van der Waals surface area contributed by atoms with Gasteiger partial charge in [-0.1, -0.05) is 24.3 Å². The third kappa shape index (κ3) is 4.54. The molecule has 0 saturated heterocycles. The van der Waals surface area contributed by atoms with E-state index in [1.807, 2.05) is 31.2 Å². The van der Waals surface area contributed by atoms with Gasteiger partial charge in [0.1, 0.15) is 5.75 Å². The van der Waals surface area contributed by atoms with Crippen molar-refractivity contribution in [3.05, 3.63) is 65.7 Å². The summed E-state index contributed by atoms with van der Waals surface area (Å²) in [5.74, 6) is 0.497. The number of carbonyl (C=O) groups excluding carboxylic acids is 2. The van der Waals surface area contributed by atoms with Crippen LogP contribution in [0.3, 0.4) is 0 Å². The lowest BCUT2D eigenvalue weighted by molar-refractivity contribution is -0.111.